The molecule has 0 bridgehead atoms. The van der Waals surface area contributed by atoms with Crippen LogP contribution in [0.2, 0.25) is 0 Å². The Hall–Kier alpha value is -3.08. The number of aromatic nitrogens is 4. The molecule has 0 spiro atoms. The lowest BCUT2D eigenvalue weighted by atomic mass is 10.1. The normalized spacial score (nSPS) is 22.4. The summed E-state index contributed by atoms with van der Waals surface area (Å²) in [5, 5.41) is 19.5. The molecule has 10 nitrogen and oxygen atoms in total. The van der Waals surface area contributed by atoms with E-state index in [0.29, 0.717) is 17.4 Å². The molecular formula is C17H17N5O5. The number of aliphatic hydroxyl groups excluding tert-OH is 2. The van der Waals surface area contributed by atoms with E-state index in [-0.39, 0.29) is 36.0 Å². The fourth-order valence-corrected chi connectivity index (χ4v) is 3.30. The standard InChI is InChI=1S/C17H17N5O5/c18-17-20-15-13(16(26)21-17)19-14(9-4-2-1-3-8(9)6-23)22(15)12-5-10(25)11(7-24)27-12/h1-4,6,10-12,24-25H,5,7H2,(H3,18,20,21,26)/t10-,11+,12+/m0/s1. The number of aliphatic hydroxyl groups is 2. The first-order valence-electron chi connectivity index (χ1n) is 8.30. The van der Waals surface area contributed by atoms with Gasteiger partial charge in [0.2, 0.25) is 5.95 Å². The zero-order chi connectivity index (χ0) is 19.1. The molecule has 1 fully saturated rings. The first-order chi connectivity index (χ1) is 13.0. The molecule has 1 saturated heterocycles. The number of nitrogens with zero attached hydrogens (tertiary/aromatic N) is 3. The number of aldehydes is 1. The van der Waals surface area contributed by atoms with Gasteiger partial charge in [-0.2, -0.15) is 4.98 Å². The Balaban J connectivity index is 2.00. The predicted molar refractivity (Wildman–Crippen MR) is 95.0 cm³/mol. The maximum absolute atomic E-state index is 12.3. The molecule has 2 aromatic heterocycles. The Morgan fingerprint density at radius 1 is 1.37 bits per heavy atom. The zero-order valence-corrected chi connectivity index (χ0v) is 14.1. The van der Waals surface area contributed by atoms with Gasteiger partial charge in [-0.25, -0.2) is 4.98 Å². The molecule has 10 heteroatoms. The molecule has 140 valence electrons. The van der Waals surface area contributed by atoms with Crippen LogP contribution in [0.5, 0.6) is 0 Å². The van der Waals surface area contributed by atoms with Crippen LogP contribution in [0, 0.1) is 0 Å². The number of aromatic amines is 1. The molecule has 1 aromatic carbocycles. The van der Waals surface area contributed by atoms with E-state index in [1.807, 2.05) is 0 Å². The molecule has 5 N–H and O–H groups in total. The molecule has 27 heavy (non-hydrogen) atoms. The van der Waals surface area contributed by atoms with Crippen molar-refractivity contribution in [3.8, 4) is 11.4 Å². The van der Waals surface area contributed by atoms with Gasteiger partial charge in [0, 0.05) is 17.5 Å². The number of ether oxygens (including phenoxy) is 1. The topological polar surface area (TPSA) is 156 Å². The van der Waals surface area contributed by atoms with Gasteiger partial charge in [-0.1, -0.05) is 24.3 Å². The van der Waals surface area contributed by atoms with Crippen molar-refractivity contribution in [2.24, 2.45) is 0 Å². The summed E-state index contributed by atoms with van der Waals surface area (Å²) in [4.78, 5) is 34.7. The van der Waals surface area contributed by atoms with E-state index in [0.717, 1.165) is 0 Å². The Labute approximate surface area is 152 Å². The Morgan fingerprint density at radius 3 is 2.85 bits per heavy atom. The number of fused-ring (bicyclic) bond motifs is 1. The highest BCUT2D eigenvalue weighted by atomic mass is 16.5. The van der Waals surface area contributed by atoms with Crippen molar-refractivity contribution < 1.29 is 19.7 Å². The van der Waals surface area contributed by atoms with E-state index in [1.165, 1.54) is 4.57 Å². The third kappa shape index (κ3) is 2.79. The minimum Gasteiger partial charge on any atom is -0.394 e. The van der Waals surface area contributed by atoms with E-state index < -0.39 is 24.0 Å². The third-order valence-electron chi connectivity index (χ3n) is 4.57. The smallest absolute Gasteiger partial charge is 0.280 e. The van der Waals surface area contributed by atoms with Crippen molar-refractivity contribution in [1.82, 2.24) is 19.5 Å². The number of benzene rings is 1. The quantitative estimate of drug-likeness (QED) is 0.460. The van der Waals surface area contributed by atoms with E-state index in [1.54, 1.807) is 24.3 Å². The molecule has 0 saturated carbocycles. The van der Waals surface area contributed by atoms with Crippen LogP contribution in [-0.4, -0.2) is 54.8 Å². The molecule has 1 aliphatic rings. The lowest BCUT2D eigenvalue weighted by molar-refractivity contribution is -0.0426. The second-order valence-electron chi connectivity index (χ2n) is 6.25. The second kappa shape index (κ2) is 6.58. The lowest BCUT2D eigenvalue weighted by Crippen LogP contribution is -2.24. The maximum atomic E-state index is 12.3. The average molecular weight is 371 g/mol. The van der Waals surface area contributed by atoms with Gasteiger partial charge < -0.3 is 20.7 Å². The summed E-state index contributed by atoms with van der Waals surface area (Å²) in [5.74, 6) is 0.188. The summed E-state index contributed by atoms with van der Waals surface area (Å²) in [6.45, 7) is -0.360. The Kier molecular flexibility index (Phi) is 4.22. The van der Waals surface area contributed by atoms with Gasteiger partial charge in [0.25, 0.3) is 5.56 Å². The van der Waals surface area contributed by atoms with Gasteiger partial charge in [0.15, 0.2) is 17.5 Å². The van der Waals surface area contributed by atoms with E-state index >= 15 is 0 Å². The van der Waals surface area contributed by atoms with Gasteiger partial charge in [0.1, 0.15) is 18.2 Å². The van der Waals surface area contributed by atoms with Crippen molar-refractivity contribution in [3.63, 3.8) is 0 Å². The number of H-pyrrole nitrogens is 1. The van der Waals surface area contributed by atoms with E-state index in [2.05, 4.69) is 15.0 Å². The predicted octanol–water partition coefficient (Wildman–Crippen LogP) is -0.178. The molecule has 3 heterocycles. The molecule has 0 aliphatic carbocycles. The van der Waals surface area contributed by atoms with Crippen LogP contribution in [-0.2, 0) is 4.74 Å². The SMILES string of the molecule is Nc1nc2c(nc(-c3ccccc3C=O)n2[C@H]2C[C@H](O)[C@@H](CO)O2)c(=O)[nH]1. The fourth-order valence-electron chi connectivity index (χ4n) is 3.30. The number of nitrogen functional groups attached to an aromatic ring is 1. The molecular weight excluding hydrogens is 354 g/mol. The molecule has 3 aromatic rings. The minimum absolute atomic E-state index is 0.0328. The van der Waals surface area contributed by atoms with Gasteiger partial charge in [-0.3, -0.25) is 19.1 Å². The van der Waals surface area contributed by atoms with Crippen LogP contribution in [0.4, 0.5) is 5.95 Å². The van der Waals surface area contributed by atoms with Crippen molar-refractivity contribution in [3.05, 3.63) is 40.2 Å². The molecule has 0 unspecified atom stereocenters. The van der Waals surface area contributed by atoms with Gasteiger partial charge in [0.05, 0.1) is 12.7 Å². The van der Waals surface area contributed by atoms with Crippen molar-refractivity contribution >= 4 is 23.4 Å². The summed E-state index contributed by atoms with van der Waals surface area (Å²) < 4.78 is 7.26. The molecule has 1 aliphatic heterocycles. The lowest BCUT2D eigenvalue weighted by Gasteiger charge is -2.17. The Morgan fingerprint density at radius 2 is 2.15 bits per heavy atom. The molecule has 0 radical (unpaired) electrons. The van der Waals surface area contributed by atoms with Crippen molar-refractivity contribution in [1.29, 1.82) is 0 Å². The number of nitrogens with two attached hydrogens (primary N) is 1. The number of carbonyl (C=O) groups excluding carboxylic acids is 1. The van der Waals surface area contributed by atoms with Crippen molar-refractivity contribution in [2.45, 2.75) is 24.9 Å². The summed E-state index contributed by atoms with van der Waals surface area (Å²) in [6, 6.07) is 6.76. The number of rotatable bonds is 4. The second-order valence-corrected chi connectivity index (χ2v) is 6.25. The molecule has 4 rings (SSSR count). The van der Waals surface area contributed by atoms with Crippen molar-refractivity contribution in [2.75, 3.05) is 12.3 Å². The minimum atomic E-state index is -0.897. The number of nitrogens with one attached hydrogen (secondary N) is 1. The summed E-state index contributed by atoms with van der Waals surface area (Å²) in [6.07, 6.45) is -1.58. The first-order valence-corrected chi connectivity index (χ1v) is 8.30. The van der Waals surface area contributed by atoms with Crippen LogP contribution in [0.25, 0.3) is 22.6 Å². The van der Waals surface area contributed by atoms with Crippen LogP contribution in [0.15, 0.2) is 29.1 Å². The Bertz CT molecular complexity index is 1080. The van der Waals surface area contributed by atoms with Crippen LogP contribution in [0.1, 0.15) is 23.0 Å². The van der Waals surface area contributed by atoms with E-state index in [4.69, 9.17) is 10.5 Å². The van der Waals surface area contributed by atoms with E-state index in [9.17, 15) is 19.8 Å². The fraction of sp³-hybridized carbons (Fsp3) is 0.294. The molecule has 3 atom stereocenters. The van der Waals surface area contributed by atoms with Crippen LogP contribution < -0.4 is 11.3 Å². The number of carbonyl (C=O) groups is 1. The van der Waals surface area contributed by atoms with Gasteiger partial charge in [-0.05, 0) is 0 Å². The summed E-state index contributed by atoms with van der Waals surface area (Å²) >= 11 is 0. The number of imidazole rings is 1. The highest BCUT2D eigenvalue weighted by molar-refractivity contribution is 5.88. The van der Waals surface area contributed by atoms with Crippen LogP contribution in [0.3, 0.4) is 0 Å². The first kappa shape index (κ1) is 17.3. The highest BCUT2D eigenvalue weighted by Crippen LogP contribution is 2.35. The summed E-state index contributed by atoms with van der Waals surface area (Å²) in [5.41, 5.74) is 6.21. The number of anilines is 1. The monoisotopic (exact) mass is 371 g/mol. The largest absolute Gasteiger partial charge is 0.394 e. The molecule has 0 amide bonds. The highest BCUT2D eigenvalue weighted by Gasteiger charge is 2.37. The average Bonchev–Trinajstić information content (AvgIpc) is 3.21. The van der Waals surface area contributed by atoms with Gasteiger partial charge in [-0.15, -0.1) is 0 Å². The number of hydrogen-bond acceptors (Lipinski definition) is 8. The third-order valence-corrected chi connectivity index (χ3v) is 4.57. The summed E-state index contributed by atoms with van der Waals surface area (Å²) in [7, 11) is 0. The maximum Gasteiger partial charge on any atom is 0.280 e. The zero-order valence-electron chi connectivity index (χ0n) is 14.1. The van der Waals surface area contributed by atoms with Crippen LogP contribution >= 0.6 is 0 Å². The van der Waals surface area contributed by atoms with Gasteiger partial charge >= 0.3 is 0 Å². The number of hydrogen-bond donors (Lipinski definition) is 4.